The van der Waals surface area contributed by atoms with Gasteiger partial charge in [0.25, 0.3) is 0 Å². The van der Waals surface area contributed by atoms with Gasteiger partial charge in [0, 0.05) is 17.8 Å². The summed E-state index contributed by atoms with van der Waals surface area (Å²) in [5.41, 5.74) is 6.05. The number of benzene rings is 2. The summed E-state index contributed by atoms with van der Waals surface area (Å²) in [4.78, 5) is 0. The summed E-state index contributed by atoms with van der Waals surface area (Å²) in [6.45, 7) is 0.176. The van der Waals surface area contributed by atoms with Gasteiger partial charge in [-0.2, -0.15) is 0 Å². The molecule has 0 fully saturated rings. The maximum absolute atomic E-state index is 13.5. The molecule has 6 heteroatoms. The Hall–Kier alpha value is -2.50. The van der Waals surface area contributed by atoms with Crippen molar-refractivity contribution < 1.29 is 23.0 Å². The first-order chi connectivity index (χ1) is 9.63. The molecule has 2 aromatic rings. The molecule has 0 atom stereocenters. The van der Waals surface area contributed by atoms with E-state index in [0.29, 0.717) is 17.1 Å². The van der Waals surface area contributed by atoms with Crippen LogP contribution in [-0.4, -0.2) is 6.79 Å². The Morgan fingerprint density at radius 3 is 2.50 bits per heavy atom. The fourth-order valence-electron chi connectivity index (χ4n) is 1.90. The van der Waals surface area contributed by atoms with Crippen LogP contribution in [0.1, 0.15) is 5.56 Å². The minimum Gasteiger partial charge on any atom is -0.483 e. The summed E-state index contributed by atoms with van der Waals surface area (Å²) >= 11 is 0. The third-order valence-corrected chi connectivity index (χ3v) is 2.84. The molecule has 0 amide bonds. The lowest BCUT2D eigenvalue weighted by Gasteiger charge is -2.09. The number of halogens is 2. The molecule has 20 heavy (non-hydrogen) atoms. The maximum atomic E-state index is 13.5. The first-order valence-electron chi connectivity index (χ1n) is 5.89. The molecule has 1 aliphatic rings. The summed E-state index contributed by atoms with van der Waals surface area (Å²) in [7, 11) is 0. The van der Waals surface area contributed by atoms with Gasteiger partial charge in [-0.3, -0.25) is 0 Å². The smallest absolute Gasteiger partial charge is 0.231 e. The number of rotatable bonds is 3. The van der Waals surface area contributed by atoms with Crippen molar-refractivity contribution in [2.24, 2.45) is 0 Å². The summed E-state index contributed by atoms with van der Waals surface area (Å²) in [6, 6.07) is 7.18. The van der Waals surface area contributed by atoms with Crippen molar-refractivity contribution in [1.29, 1.82) is 0 Å². The first kappa shape index (κ1) is 12.5. The Bertz CT molecular complexity index is 638. The van der Waals surface area contributed by atoms with Crippen molar-refractivity contribution in [3.63, 3.8) is 0 Å². The largest absolute Gasteiger partial charge is 0.483 e. The number of fused-ring (bicyclic) bond motifs is 1. The second-order valence-electron chi connectivity index (χ2n) is 4.29. The van der Waals surface area contributed by atoms with Crippen LogP contribution in [0.5, 0.6) is 17.2 Å². The standard InChI is InChI=1S/C14H11F2NO3/c15-10-4-9(17)5-11(16)14(10)18-6-8-1-2-12-13(3-8)20-7-19-12/h1-5H,6-7,17H2. The van der Waals surface area contributed by atoms with Crippen LogP contribution in [0, 0.1) is 11.6 Å². The van der Waals surface area contributed by atoms with Crippen molar-refractivity contribution in [2.75, 3.05) is 12.5 Å². The molecular formula is C14H11F2NO3. The monoisotopic (exact) mass is 279 g/mol. The average molecular weight is 279 g/mol. The second kappa shape index (κ2) is 4.88. The summed E-state index contributed by atoms with van der Waals surface area (Å²) < 4.78 is 42.6. The minimum absolute atomic E-state index is 0.00833. The molecule has 0 saturated heterocycles. The molecule has 0 radical (unpaired) electrons. The molecule has 0 aromatic heterocycles. The fourth-order valence-corrected chi connectivity index (χ4v) is 1.90. The van der Waals surface area contributed by atoms with E-state index < -0.39 is 17.4 Å². The lowest BCUT2D eigenvalue weighted by molar-refractivity contribution is 0.174. The fraction of sp³-hybridized carbons (Fsp3) is 0.143. The molecule has 0 bridgehead atoms. The lowest BCUT2D eigenvalue weighted by atomic mass is 10.2. The highest BCUT2D eigenvalue weighted by Gasteiger charge is 2.15. The van der Waals surface area contributed by atoms with Gasteiger partial charge in [-0.05, 0) is 17.7 Å². The number of nitrogens with two attached hydrogens (primary N) is 1. The molecule has 0 aliphatic carbocycles. The maximum Gasteiger partial charge on any atom is 0.231 e. The van der Waals surface area contributed by atoms with Gasteiger partial charge in [0.1, 0.15) is 6.61 Å². The third kappa shape index (κ3) is 2.32. The zero-order chi connectivity index (χ0) is 14.1. The van der Waals surface area contributed by atoms with Crippen molar-refractivity contribution in [1.82, 2.24) is 0 Å². The van der Waals surface area contributed by atoms with E-state index in [1.165, 1.54) is 0 Å². The van der Waals surface area contributed by atoms with Gasteiger partial charge in [-0.15, -0.1) is 0 Å². The quantitative estimate of drug-likeness (QED) is 0.878. The summed E-state index contributed by atoms with van der Waals surface area (Å²) in [5.74, 6) is -0.883. The van der Waals surface area contributed by atoms with E-state index >= 15 is 0 Å². The number of ether oxygens (including phenoxy) is 3. The van der Waals surface area contributed by atoms with Crippen LogP contribution in [0.15, 0.2) is 30.3 Å². The lowest BCUT2D eigenvalue weighted by Crippen LogP contribution is -2.01. The Morgan fingerprint density at radius 2 is 1.75 bits per heavy atom. The zero-order valence-electron chi connectivity index (χ0n) is 10.4. The Labute approximate surface area is 113 Å². The predicted molar refractivity (Wildman–Crippen MR) is 67.7 cm³/mol. The van der Waals surface area contributed by atoms with E-state index in [1.807, 2.05) is 0 Å². The van der Waals surface area contributed by atoms with Crippen molar-refractivity contribution in [2.45, 2.75) is 6.61 Å². The molecule has 3 rings (SSSR count). The molecule has 1 aliphatic heterocycles. The number of nitrogen functional groups attached to an aromatic ring is 1. The van der Waals surface area contributed by atoms with Crippen molar-refractivity contribution >= 4 is 5.69 Å². The zero-order valence-corrected chi connectivity index (χ0v) is 10.4. The molecule has 0 spiro atoms. The molecule has 4 nitrogen and oxygen atoms in total. The minimum atomic E-state index is -0.830. The van der Waals surface area contributed by atoms with Gasteiger partial charge < -0.3 is 19.9 Å². The molecule has 0 unspecified atom stereocenters. The van der Waals surface area contributed by atoms with Gasteiger partial charge in [0.05, 0.1) is 0 Å². The normalized spacial score (nSPS) is 12.5. The van der Waals surface area contributed by atoms with Crippen LogP contribution in [-0.2, 0) is 6.61 Å². The summed E-state index contributed by atoms with van der Waals surface area (Å²) in [5, 5.41) is 0. The molecule has 1 heterocycles. The molecular weight excluding hydrogens is 268 g/mol. The van der Waals surface area contributed by atoms with Gasteiger partial charge in [-0.25, -0.2) is 8.78 Å². The molecule has 104 valence electrons. The molecule has 2 aromatic carbocycles. The predicted octanol–water partition coefficient (Wildman–Crippen LogP) is 2.85. The third-order valence-electron chi connectivity index (χ3n) is 2.84. The van der Waals surface area contributed by atoms with E-state index in [2.05, 4.69) is 0 Å². The average Bonchev–Trinajstić information content (AvgIpc) is 2.84. The highest BCUT2D eigenvalue weighted by atomic mass is 19.1. The Morgan fingerprint density at radius 1 is 1.05 bits per heavy atom. The van der Waals surface area contributed by atoms with Gasteiger partial charge in [0.2, 0.25) is 6.79 Å². The SMILES string of the molecule is Nc1cc(F)c(OCc2ccc3c(c2)OCO3)c(F)c1. The van der Waals surface area contributed by atoms with Crippen LogP contribution in [0.2, 0.25) is 0 Å². The van der Waals surface area contributed by atoms with Gasteiger partial charge in [0.15, 0.2) is 28.9 Å². The Balaban J connectivity index is 1.77. The number of anilines is 1. The van der Waals surface area contributed by atoms with Gasteiger partial charge in [-0.1, -0.05) is 6.07 Å². The van der Waals surface area contributed by atoms with Crippen LogP contribution >= 0.6 is 0 Å². The van der Waals surface area contributed by atoms with Crippen LogP contribution < -0.4 is 19.9 Å². The second-order valence-corrected chi connectivity index (χ2v) is 4.29. The number of hydrogen-bond donors (Lipinski definition) is 1. The number of hydrogen-bond acceptors (Lipinski definition) is 4. The van der Waals surface area contributed by atoms with E-state index in [0.717, 1.165) is 12.1 Å². The molecule has 0 saturated carbocycles. The highest BCUT2D eigenvalue weighted by Crippen LogP contribution is 2.33. The Kier molecular flexibility index (Phi) is 3.06. The molecule has 2 N–H and O–H groups in total. The van der Waals surface area contributed by atoms with E-state index in [1.54, 1.807) is 18.2 Å². The highest BCUT2D eigenvalue weighted by molar-refractivity contribution is 5.45. The van der Waals surface area contributed by atoms with Gasteiger partial charge >= 0.3 is 0 Å². The van der Waals surface area contributed by atoms with Crippen LogP contribution in [0.25, 0.3) is 0 Å². The van der Waals surface area contributed by atoms with Crippen molar-refractivity contribution in [3.8, 4) is 17.2 Å². The summed E-state index contributed by atoms with van der Waals surface area (Å²) in [6.07, 6.45) is 0. The van der Waals surface area contributed by atoms with Crippen molar-refractivity contribution in [3.05, 3.63) is 47.5 Å². The van der Waals surface area contributed by atoms with Crippen LogP contribution in [0.3, 0.4) is 0 Å². The topological polar surface area (TPSA) is 53.7 Å². The van der Waals surface area contributed by atoms with E-state index in [9.17, 15) is 8.78 Å². The first-order valence-corrected chi connectivity index (χ1v) is 5.89. The van der Waals surface area contributed by atoms with Crippen LogP contribution in [0.4, 0.5) is 14.5 Å². The van der Waals surface area contributed by atoms with E-state index in [4.69, 9.17) is 19.9 Å². The van der Waals surface area contributed by atoms with E-state index in [-0.39, 0.29) is 19.1 Å².